The Morgan fingerprint density at radius 1 is 1.40 bits per heavy atom. The summed E-state index contributed by atoms with van der Waals surface area (Å²) in [5.74, 6) is 1.53. The van der Waals surface area contributed by atoms with Gasteiger partial charge in [-0.05, 0) is 12.1 Å². The summed E-state index contributed by atoms with van der Waals surface area (Å²) in [6.07, 6.45) is 3.93. The van der Waals surface area contributed by atoms with E-state index in [1.807, 2.05) is 22.7 Å². The normalized spacial score (nSPS) is 17.6. The van der Waals surface area contributed by atoms with E-state index in [1.54, 1.807) is 24.4 Å². The van der Waals surface area contributed by atoms with Crippen molar-refractivity contribution < 1.29 is 9.53 Å². The average Bonchev–Trinajstić information content (AvgIpc) is 3.04. The van der Waals surface area contributed by atoms with Gasteiger partial charge in [-0.15, -0.1) is 0 Å². The largest absolute Gasteiger partial charge is 0.493 e. The van der Waals surface area contributed by atoms with Crippen LogP contribution < -0.4 is 10.1 Å². The third-order valence-electron chi connectivity index (χ3n) is 4.20. The second kappa shape index (κ2) is 8.08. The molecule has 1 N–H and O–H groups in total. The van der Waals surface area contributed by atoms with E-state index in [0.29, 0.717) is 35.3 Å². The van der Waals surface area contributed by atoms with Crippen LogP contribution in [0.4, 0.5) is 0 Å². The van der Waals surface area contributed by atoms with Crippen molar-refractivity contribution in [3.8, 4) is 5.75 Å². The molecule has 1 amide bonds. The van der Waals surface area contributed by atoms with Crippen LogP contribution in [0.1, 0.15) is 18.3 Å². The Bertz CT molecular complexity index is 750. The summed E-state index contributed by atoms with van der Waals surface area (Å²) in [7, 11) is 1.94. The number of rotatable bonds is 5. The highest BCUT2D eigenvalue weighted by Gasteiger charge is 2.30. The standard InChI is InChI=1S/C17H20Cl2N4O2/c1-22-7-6-21-17(22)15-11-20-5-8-23(15)16(24)4-9-25-12-2-3-13(18)14(19)10-12/h2-3,6-7,10,15,20H,4-5,8-9,11H2,1H3. The number of nitrogens with one attached hydrogen (secondary N) is 1. The van der Waals surface area contributed by atoms with E-state index in [9.17, 15) is 4.79 Å². The second-order valence-corrected chi connectivity index (χ2v) is 6.69. The second-order valence-electron chi connectivity index (χ2n) is 5.88. The SMILES string of the molecule is Cn1ccnc1C1CNCCN1C(=O)CCOc1ccc(Cl)c(Cl)c1. The summed E-state index contributed by atoms with van der Waals surface area (Å²) in [6, 6.07) is 5.00. The lowest BCUT2D eigenvalue weighted by Crippen LogP contribution is -2.49. The van der Waals surface area contributed by atoms with Crippen LogP contribution in [-0.2, 0) is 11.8 Å². The quantitative estimate of drug-likeness (QED) is 0.863. The Kier molecular flexibility index (Phi) is 5.83. The molecule has 6 nitrogen and oxygen atoms in total. The van der Waals surface area contributed by atoms with Crippen molar-refractivity contribution in [1.29, 1.82) is 0 Å². The molecule has 3 rings (SSSR count). The zero-order valence-corrected chi connectivity index (χ0v) is 15.4. The third kappa shape index (κ3) is 4.26. The smallest absolute Gasteiger partial charge is 0.226 e. The highest BCUT2D eigenvalue weighted by Crippen LogP contribution is 2.26. The number of ether oxygens (including phenoxy) is 1. The molecule has 1 fully saturated rings. The molecule has 1 aliphatic rings. The van der Waals surface area contributed by atoms with E-state index < -0.39 is 0 Å². The molecular formula is C17H20Cl2N4O2. The number of benzene rings is 1. The van der Waals surface area contributed by atoms with E-state index in [1.165, 1.54) is 0 Å². The molecule has 1 aromatic heterocycles. The average molecular weight is 383 g/mol. The predicted octanol–water partition coefficient (Wildman–Crippen LogP) is 2.67. The molecule has 0 spiro atoms. The van der Waals surface area contributed by atoms with Gasteiger partial charge in [-0.2, -0.15) is 0 Å². The van der Waals surface area contributed by atoms with Crippen LogP contribution in [-0.4, -0.2) is 46.6 Å². The number of aryl methyl sites for hydroxylation is 1. The number of hydrogen-bond acceptors (Lipinski definition) is 4. The van der Waals surface area contributed by atoms with Crippen LogP contribution in [0, 0.1) is 0 Å². The Morgan fingerprint density at radius 2 is 2.24 bits per heavy atom. The van der Waals surface area contributed by atoms with Crippen molar-refractivity contribution in [3.63, 3.8) is 0 Å². The van der Waals surface area contributed by atoms with Gasteiger partial charge >= 0.3 is 0 Å². The first-order valence-corrected chi connectivity index (χ1v) is 8.87. The maximum absolute atomic E-state index is 12.7. The number of halogens is 2. The fourth-order valence-electron chi connectivity index (χ4n) is 2.90. The maximum Gasteiger partial charge on any atom is 0.226 e. The highest BCUT2D eigenvalue weighted by atomic mass is 35.5. The zero-order chi connectivity index (χ0) is 17.8. The molecule has 1 saturated heterocycles. The molecule has 1 aliphatic heterocycles. The van der Waals surface area contributed by atoms with E-state index >= 15 is 0 Å². The van der Waals surface area contributed by atoms with E-state index in [2.05, 4.69) is 10.3 Å². The van der Waals surface area contributed by atoms with Crippen LogP contribution in [0.5, 0.6) is 5.75 Å². The number of carbonyl (C=O) groups excluding carboxylic acids is 1. The number of nitrogens with zero attached hydrogens (tertiary/aromatic N) is 3. The number of hydrogen-bond donors (Lipinski definition) is 1. The van der Waals surface area contributed by atoms with Gasteiger partial charge in [-0.1, -0.05) is 23.2 Å². The molecule has 0 aliphatic carbocycles. The van der Waals surface area contributed by atoms with Crippen LogP contribution in [0.15, 0.2) is 30.6 Å². The van der Waals surface area contributed by atoms with E-state index in [0.717, 1.165) is 12.4 Å². The zero-order valence-electron chi connectivity index (χ0n) is 13.9. The molecule has 0 saturated carbocycles. The molecule has 1 aromatic carbocycles. The number of carbonyl (C=O) groups is 1. The lowest BCUT2D eigenvalue weighted by molar-refractivity contribution is -0.135. The number of aromatic nitrogens is 2. The van der Waals surface area contributed by atoms with Gasteiger partial charge < -0.3 is 19.5 Å². The lowest BCUT2D eigenvalue weighted by Gasteiger charge is -2.35. The number of piperazine rings is 1. The minimum atomic E-state index is -0.0637. The van der Waals surface area contributed by atoms with Gasteiger partial charge in [0.05, 0.1) is 23.1 Å². The van der Waals surface area contributed by atoms with Gasteiger partial charge in [0.2, 0.25) is 5.91 Å². The summed E-state index contributed by atoms with van der Waals surface area (Å²) >= 11 is 11.8. The van der Waals surface area contributed by atoms with Gasteiger partial charge in [0.1, 0.15) is 17.6 Å². The van der Waals surface area contributed by atoms with Gasteiger partial charge in [-0.3, -0.25) is 4.79 Å². The van der Waals surface area contributed by atoms with Crippen LogP contribution in [0.25, 0.3) is 0 Å². The van der Waals surface area contributed by atoms with Crippen molar-refractivity contribution >= 4 is 29.1 Å². The maximum atomic E-state index is 12.7. The summed E-state index contributed by atoms with van der Waals surface area (Å²) < 4.78 is 7.57. The Labute approximate surface area is 156 Å². The van der Waals surface area contributed by atoms with Crippen molar-refractivity contribution in [2.75, 3.05) is 26.2 Å². The molecular weight excluding hydrogens is 363 g/mol. The fourth-order valence-corrected chi connectivity index (χ4v) is 3.19. The van der Waals surface area contributed by atoms with E-state index in [-0.39, 0.29) is 18.6 Å². The lowest BCUT2D eigenvalue weighted by atomic mass is 10.1. The van der Waals surface area contributed by atoms with Crippen molar-refractivity contribution in [3.05, 3.63) is 46.5 Å². The van der Waals surface area contributed by atoms with Gasteiger partial charge in [0.25, 0.3) is 0 Å². The summed E-state index contributed by atoms with van der Waals surface area (Å²) in [5, 5.41) is 4.23. The molecule has 2 aromatic rings. The van der Waals surface area contributed by atoms with Crippen molar-refractivity contribution in [2.45, 2.75) is 12.5 Å². The van der Waals surface area contributed by atoms with Gasteiger partial charge in [0, 0.05) is 45.1 Å². The van der Waals surface area contributed by atoms with Crippen LogP contribution in [0.2, 0.25) is 10.0 Å². The molecule has 0 radical (unpaired) electrons. The minimum absolute atomic E-state index is 0.0505. The molecule has 8 heteroatoms. The number of amides is 1. The molecule has 1 atom stereocenters. The monoisotopic (exact) mass is 382 g/mol. The molecule has 25 heavy (non-hydrogen) atoms. The molecule has 134 valence electrons. The minimum Gasteiger partial charge on any atom is -0.493 e. The van der Waals surface area contributed by atoms with Crippen molar-refractivity contribution in [1.82, 2.24) is 19.8 Å². The number of imidazole rings is 1. The summed E-state index contributed by atoms with van der Waals surface area (Å²) in [4.78, 5) is 18.9. The van der Waals surface area contributed by atoms with Crippen molar-refractivity contribution in [2.24, 2.45) is 7.05 Å². The van der Waals surface area contributed by atoms with Crippen LogP contribution in [0.3, 0.4) is 0 Å². The third-order valence-corrected chi connectivity index (χ3v) is 4.93. The highest BCUT2D eigenvalue weighted by molar-refractivity contribution is 6.42. The Balaban J connectivity index is 1.59. The Morgan fingerprint density at radius 3 is 2.96 bits per heavy atom. The Hall–Kier alpha value is -1.76. The molecule has 2 heterocycles. The van der Waals surface area contributed by atoms with Gasteiger partial charge in [-0.25, -0.2) is 4.98 Å². The summed E-state index contributed by atoms with van der Waals surface area (Å²) in [5.41, 5.74) is 0. The first-order chi connectivity index (χ1) is 12.1. The molecule has 1 unspecified atom stereocenters. The fraction of sp³-hybridized carbons (Fsp3) is 0.412. The van der Waals surface area contributed by atoms with E-state index in [4.69, 9.17) is 27.9 Å². The first kappa shape index (κ1) is 18.0. The predicted molar refractivity (Wildman–Crippen MR) is 97.1 cm³/mol. The topological polar surface area (TPSA) is 59.4 Å². The summed E-state index contributed by atoms with van der Waals surface area (Å²) in [6.45, 7) is 2.42. The van der Waals surface area contributed by atoms with Crippen LogP contribution >= 0.6 is 23.2 Å². The first-order valence-electron chi connectivity index (χ1n) is 8.11. The molecule has 0 bridgehead atoms. The van der Waals surface area contributed by atoms with Gasteiger partial charge in [0.15, 0.2) is 0 Å².